The molecule has 0 aliphatic carbocycles. The van der Waals surface area contributed by atoms with E-state index in [1.807, 2.05) is 19.2 Å². The largest absolute Gasteiger partial charge is 0.497 e. The number of ether oxygens (including phenoxy) is 2. The second-order valence-electron chi connectivity index (χ2n) is 3.69. The van der Waals surface area contributed by atoms with Crippen molar-refractivity contribution >= 4 is 17.5 Å². The Bertz CT molecular complexity index is 402. The zero-order chi connectivity index (χ0) is 12.8. The van der Waals surface area contributed by atoms with Gasteiger partial charge in [-0.15, -0.1) is 0 Å². The van der Waals surface area contributed by atoms with Gasteiger partial charge in [-0.25, -0.2) is 0 Å². The SMILES string of the molecule is COc1cc(C)c(C(=O)CCSC)c(OC)c1. The lowest BCUT2D eigenvalue weighted by atomic mass is 10.0. The third kappa shape index (κ3) is 3.40. The number of hydrogen-bond donors (Lipinski definition) is 0. The molecule has 4 heteroatoms. The van der Waals surface area contributed by atoms with Crippen molar-refractivity contribution in [3.05, 3.63) is 23.3 Å². The van der Waals surface area contributed by atoms with E-state index in [2.05, 4.69) is 0 Å². The van der Waals surface area contributed by atoms with Crippen molar-refractivity contribution in [1.82, 2.24) is 0 Å². The van der Waals surface area contributed by atoms with Gasteiger partial charge in [0.15, 0.2) is 5.78 Å². The quantitative estimate of drug-likeness (QED) is 0.731. The third-order valence-electron chi connectivity index (χ3n) is 2.54. The number of hydrogen-bond acceptors (Lipinski definition) is 4. The lowest BCUT2D eigenvalue weighted by Crippen LogP contribution is -2.06. The molecule has 0 spiro atoms. The lowest BCUT2D eigenvalue weighted by molar-refractivity contribution is 0.0986. The Morgan fingerprint density at radius 2 is 2.00 bits per heavy atom. The molecular formula is C13H18O3S. The highest BCUT2D eigenvalue weighted by molar-refractivity contribution is 7.98. The van der Waals surface area contributed by atoms with Crippen molar-refractivity contribution in [2.75, 3.05) is 26.2 Å². The number of aryl methyl sites for hydroxylation is 1. The molecule has 0 aliphatic heterocycles. The van der Waals surface area contributed by atoms with Gasteiger partial charge in [0, 0.05) is 18.2 Å². The fourth-order valence-corrected chi connectivity index (χ4v) is 2.07. The first-order valence-electron chi connectivity index (χ1n) is 5.38. The Balaban J connectivity index is 3.09. The highest BCUT2D eigenvalue weighted by Crippen LogP contribution is 2.29. The summed E-state index contributed by atoms with van der Waals surface area (Å²) >= 11 is 1.67. The highest BCUT2D eigenvalue weighted by Gasteiger charge is 2.16. The normalized spacial score (nSPS) is 10.1. The van der Waals surface area contributed by atoms with Gasteiger partial charge in [-0.3, -0.25) is 4.79 Å². The van der Waals surface area contributed by atoms with Crippen molar-refractivity contribution in [2.24, 2.45) is 0 Å². The second kappa shape index (κ2) is 6.55. The molecule has 0 heterocycles. The average Bonchev–Trinajstić information content (AvgIpc) is 2.34. The highest BCUT2D eigenvalue weighted by atomic mass is 32.2. The first-order valence-corrected chi connectivity index (χ1v) is 6.78. The van der Waals surface area contributed by atoms with Gasteiger partial charge in [0.05, 0.1) is 19.8 Å². The number of benzene rings is 1. The summed E-state index contributed by atoms with van der Waals surface area (Å²) in [6.07, 6.45) is 2.52. The van der Waals surface area contributed by atoms with Gasteiger partial charge in [0.1, 0.15) is 11.5 Å². The van der Waals surface area contributed by atoms with Gasteiger partial charge in [-0.2, -0.15) is 11.8 Å². The van der Waals surface area contributed by atoms with Crippen LogP contribution in [0.4, 0.5) is 0 Å². The van der Waals surface area contributed by atoms with Crippen LogP contribution in [-0.4, -0.2) is 32.0 Å². The van der Waals surface area contributed by atoms with Crippen LogP contribution in [0.15, 0.2) is 12.1 Å². The summed E-state index contributed by atoms with van der Waals surface area (Å²) in [5.41, 5.74) is 1.56. The molecule has 1 aromatic carbocycles. The Morgan fingerprint density at radius 1 is 1.29 bits per heavy atom. The number of Topliss-reactive ketones (excluding diaryl/α,β-unsaturated/α-hetero) is 1. The minimum atomic E-state index is 0.122. The number of carbonyl (C=O) groups excluding carboxylic acids is 1. The molecule has 17 heavy (non-hydrogen) atoms. The van der Waals surface area contributed by atoms with Crippen LogP contribution in [0.2, 0.25) is 0 Å². The molecule has 0 radical (unpaired) electrons. The van der Waals surface area contributed by atoms with E-state index in [1.54, 1.807) is 32.0 Å². The van der Waals surface area contributed by atoms with Crippen LogP contribution >= 0.6 is 11.8 Å². The minimum Gasteiger partial charge on any atom is -0.497 e. The standard InChI is InChI=1S/C13H18O3S/c1-9-7-10(15-2)8-12(16-3)13(9)11(14)5-6-17-4/h7-8H,5-6H2,1-4H3. The van der Waals surface area contributed by atoms with E-state index >= 15 is 0 Å². The maximum atomic E-state index is 12.1. The summed E-state index contributed by atoms with van der Waals surface area (Å²) in [4.78, 5) is 12.1. The van der Waals surface area contributed by atoms with Crippen LogP contribution < -0.4 is 9.47 Å². The molecule has 3 nitrogen and oxygen atoms in total. The van der Waals surface area contributed by atoms with E-state index < -0.39 is 0 Å². The molecule has 0 aliphatic rings. The molecule has 0 saturated carbocycles. The fraction of sp³-hybridized carbons (Fsp3) is 0.462. The predicted molar refractivity (Wildman–Crippen MR) is 71.6 cm³/mol. The molecule has 0 unspecified atom stereocenters. The van der Waals surface area contributed by atoms with Gasteiger partial charge in [0.25, 0.3) is 0 Å². The van der Waals surface area contributed by atoms with Crippen molar-refractivity contribution in [2.45, 2.75) is 13.3 Å². The summed E-state index contributed by atoms with van der Waals surface area (Å²) in [6, 6.07) is 3.61. The Labute approximate surface area is 106 Å². The first kappa shape index (κ1) is 13.9. The predicted octanol–water partition coefficient (Wildman–Crippen LogP) is 2.95. The van der Waals surface area contributed by atoms with Crippen LogP contribution in [0.25, 0.3) is 0 Å². The summed E-state index contributed by atoms with van der Waals surface area (Å²) in [6.45, 7) is 1.90. The number of methoxy groups -OCH3 is 2. The monoisotopic (exact) mass is 254 g/mol. The molecule has 0 bridgehead atoms. The topological polar surface area (TPSA) is 35.5 Å². The molecule has 0 saturated heterocycles. The molecule has 0 fully saturated rings. The number of carbonyl (C=O) groups is 1. The van der Waals surface area contributed by atoms with Crippen molar-refractivity contribution in [3.63, 3.8) is 0 Å². The number of rotatable bonds is 6. The van der Waals surface area contributed by atoms with Gasteiger partial charge >= 0.3 is 0 Å². The van der Waals surface area contributed by atoms with Crippen molar-refractivity contribution in [3.8, 4) is 11.5 Å². The smallest absolute Gasteiger partial charge is 0.167 e. The van der Waals surface area contributed by atoms with E-state index in [1.165, 1.54) is 0 Å². The second-order valence-corrected chi connectivity index (χ2v) is 4.67. The molecule has 0 aromatic heterocycles. The van der Waals surface area contributed by atoms with E-state index in [4.69, 9.17) is 9.47 Å². The van der Waals surface area contributed by atoms with Crippen LogP contribution in [0.3, 0.4) is 0 Å². The van der Waals surface area contributed by atoms with Gasteiger partial charge < -0.3 is 9.47 Å². The Kier molecular flexibility index (Phi) is 5.35. The molecular weight excluding hydrogens is 236 g/mol. The summed E-state index contributed by atoms with van der Waals surface area (Å²) in [5.74, 6) is 2.25. The molecule has 1 aromatic rings. The van der Waals surface area contributed by atoms with E-state index in [0.29, 0.717) is 23.5 Å². The zero-order valence-electron chi connectivity index (χ0n) is 10.7. The van der Waals surface area contributed by atoms with E-state index in [9.17, 15) is 4.79 Å². The molecule has 0 atom stereocenters. The van der Waals surface area contributed by atoms with Crippen LogP contribution in [-0.2, 0) is 0 Å². The van der Waals surface area contributed by atoms with Crippen molar-refractivity contribution < 1.29 is 14.3 Å². The average molecular weight is 254 g/mol. The van der Waals surface area contributed by atoms with Crippen LogP contribution in [0.5, 0.6) is 11.5 Å². The molecule has 1 rings (SSSR count). The third-order valence-corrected chi connectivity index (χ3v) is 3.15. The molecule has 0 N–H and O–H groups in total. The fourth-order valence-electron chi connectivity index (χ4n) is 1.68. The number of ketones is 1. The van der Waals surface area contributed by atoms with Crippen molar-refractivity contribution in [1.29, 1.82) is 0 Å². The van der Waals surface area contributed by atoms with Crippen LogP contribution in [0.1, 0.15) is 22.3 Å². The maximum Gasteiger partial charge on any atom is 0.167 e. The maximum absolute atomic E-state index is 12.1. The molecule has 0 amide bonds. The minimum absolute atomic E-state index is 0.122. The Morgan fingerprint density at radius 3 is 2.53 bits per heavy atom. The summed E-state index contributed by atoms with van der Waals surface area (Å²) < 4.78 is 10.4. The lowest BCUT2D eigenvalue weighted by Gasteiger charge is -2.12. The van der Waals surface area contributed by atoms with E-state index in [0.717, 1.165) is 11.3 Å². The first-order chi connectivity index (χ1) is 8.13. The van der Waals surface area contributed by atoms with Crippen LogP contribution in [0, 0.1) is 6.92 Å². The molecule has 94 valence electrons. The Hall–Kier alpha value is -1.16. The number of thioether (sulfide) groups is 1. The van der Waals surface area contributed by atoms with Gasteiger partial charge in [0.2, 0.25) is 0 Å². The summed E-state index contributed by atoms with van der Waals surface area (Å²) in [5, 5.41) is 0. The van der Waals surface area contributed by atoms with Gasteiger partial charge in [-0.05, 0) is 24.8 Å². The van der Waals surface area contributed by atoms with Gasteiger partial charge in [-0.1, -0.05) is 0 Å². The summed E-state index contributed by atoms with van der Waals surface area (Å²) in [7, 11) is 3.17. The zero-order valence-corrected chi connectivity index (χ0v) is 11.5. The van der Waals surface area contributed by atoms with E-state index in [-0.39, 0.29) is 5.78 Å².